The number of esters is 1. The molecule has 5 nitrogen and oxygen atoms in total. The number of nitrogens with two attached hydrogens (primary N) is 1. The second-order valence-corrected chi connectivity index (χ2v) is 4.15. The maximum absolute atomic E-state index is 11.5. The van der Waals surface area contributed by atoms with Crippen LogP contribution in [0.5, 0.6) is 5.75 Å². The summed E-state index contributed by atoms with van der Waals surface area (Å²) in [5, 5.41) is 0. The van der Waals surface area contributed by atoms with Crippen LogP contribution >= 0.6 is 0 Å². The van der Waals surface area contributed by atoms with Crippen molar-refractivity contribution in [3.05, 3.63) is 24.3 Å². The van der Waals surface area contributed by atoms with Gasteiger partial charge in [-0.3, -0.25) is 4.79 Å². The first-order valence-corrected chi connectivity index (χ1v) is 5.99. The molecular formula is C13H17NO4. The van der Waals surface area contributed by atoms with Crippen molar-refractivity contribution in [3.63, 3.8) is 0 Å². The molecule has 0 spiro atoms. The van der Waals surface area contributed by atoms with E-state index in [2.05, 4.69) is 0 Å². The first kappa shape index (κ1) is 12.7. The number of ether oxygens (including phenoxy) is 3. The maximum Gasteiger partial charge on any atom is 0.309 e. The Bertz CT molecular complexity index is 402. The Kier molecular flexibility index (Phi) is 4.41. The zero-order valence-corrected chi connectivity index (χ0v) is 10.1. The third-order valence-electron chi connectivity index (χ3n) is 2.62. The summed E-state index contributed by atoms with van der Waals surface area (Å²) in [5.74, 6) is 0.404. The van der Waals surface area contributed by atoms with Gasteiger partial charge in [0, 0.05) is 18.2 Å². The minimum absolute atomic E-state index is 0.0927. The molecule has 0 radical (unpaired) electrons. The predicted molar refractivity (Wildman–Crippen MR) is 66.3 cm³/mol. The van der Waals surface area contributed by atoms with Crippen LogP contribution in [0.2, 0.25) is 0 Å². The van der Waals surface area contributed by atoms with Gasteiger partial charge in [0.05, 0.1) is 26.2 Å². The van der Waals surface area contributed by atoms with E-state index in [1.54, 1.807) is 24.3 Å². The quantitative estimate of drug-likeness (QED) is 0.632. The fourth-order valence-corrected chi connectivity index (χ4v) is 1.71. The molecule has 2 N–H and O–H groups in total. The summed E-state index contributed by atoms with van der Waals surface area (Å²) in [7, 11) is 0. The molecule has 2 rings (SSSR count). The smallest absolute Gasteiger partial charge is 0.309 e. The van der Waals surface area contributed by atoms with Crippen LogP contribution < -0.4 is 10.5 Å². The molecule has 1 aromatic rings. The zero-order valence-electron chi connectivity index (χ0n) is 10.1. The van der Waals surface area contributed by atoms with Crippen LogP contribution in [0.4, 0.5) is 5.69 Å². The lowest BCUT2D eigenvalue weighted by Gasteiger charge is -2.10. The van der Waals surface area contributed by atoms with Gasteiger partial charge in [0.25, 0.3) is 0 Å². The number of carbonyl (C=O) groups excluding carboxylic acids is 1. The summed E-state index contributed by atoms with van der Waals surface area (Å²) < 4.78 is 15.7. The summed E-state index contributed by atoms with van der Waals surface area (Å²) in [6.45, 7) is 1.45. The molecule has 1 heterocycles. The normalized spacial score (nSPS) is 18.6. The summed E-state index contributed by atoms with van der Waals surface area (Å²) in [4.78, 5) is 11.5. The van der Waals surface area contributed by atoms with Crippen LogP contribution in [0.15, 0.2) is 24.3 Å². The highest BCUT2D eigenvalue weighted by Crippen LogP contribution is 2.15. The van der Waals surface area contributed by atoms with Gasteiger partial charge in [0.2, 0.25) is 0 Å². The Balaban J connectivity index is 1.66. The lowest BCUT2D eigenvalue weighted by atomic mass is 10.3. The molecule has 0 amide bonds. The van der Waals surface area contributed by atoms with E-state index in [4.69, 9.17) is 19.9 Å². The Hall–Kier alpha value is -1.75. The first-order valence-electron chi connectivity index (χ1n) is 5.99. The van der Waals surface area contributed by atoms with E-state index in [1.807, 2.05) is 0 Å². The number of rotatable bonds is 5. The van der Waals surface area contributed by atoms with Crippen LogP contribution in [0.1, 0.15) is 12.8 Å². The van der Waals surface area contributed by atoms with E-state index in [0.29, 0.717) is 24.7 Å². The summed E-state index contributed by atoms with van der Waals surface area (Å²) >= 11 is 0. The molecule has 1 atom stereocenters. The molecule has 98 valence electrons. The number of benzene rings is 1. The highest BCUT2D eigenvalue weighted by atomic mass is 16.6. The highest BCUT2D eigenvalue weighted by Gasteiger charge is 2.19. The van der Waals surface area contributed by atoms with Crippen molar-refractivity contribution in [1.29, 1.82) is 0 Å². The first-order chi connectivity index (χ1) is 8.74. The summed E-state index contributed by atoms with van der Waals surface area (Å²) in [5.41, 5.74) is 6.25. The molecule has 18 heavy (non-hydrogen) atoms. The van der Waals surface area contributed by atoms with E-state index in [1.165, 1.54) is 0 Å². The Morgan fingerprint density at radius 3 is 3.11 bits per heavy atom. The molecular weight excluding hydrogens is 234 g/mol. The molecule has 1 fully saturated rings. The number of carbonyl (C=O) groups is 1. The van der Waals surface area contributed by atoms with Gasteiger partial charge in [-0.05, 0) is 12.1 Å². The molecule has 0 aromatic heterocycles. The lowest BCUT2D eigenvalue weighted by Crippen LogP contribution is -2.19. The summed E-state index contributed by atoms with van der Waals surface area (Å²) in [6.07, 6.45) is 0.914. The van der Waals surface area contributed by atoms with E-state index in [-0.39, 0.29) is 25.1 Å². The van der Waals surface area contributed by atoms with Crippen molar-refractivity contribution in [2.45, 2.75) is 18.9 Å². The van der Waals surface area contributed by atoms with Crippen molar-refractivity contribution in [2.24, 2.45) is 0 Å². The SMILES string of the molecule is Nc1cccc(OCCC(=O)OC2CCOC2)c1. The molecule has 1 aromatic carbocycles. The largest absolute Gasteiger partial charge is 0.493 e. The Labute approximate surface area is 106 Å². The number of hydrogen-bond acceptors (Lipinski definition) is 5. The van der Waals surface area contributed by atoms with Gasteiger partial charge in [-0.15, -0.1) is 0 Å². The lowest BCUT2D eigenvalue weighted by molar-refractivity contribution is -0.149. The van der Waals surface area contributed by atoms with Crippen LogP contribution in [0.25, 0.3) is 0 Å². The topological polar surface area (TPSA) is 70.8 Å². The fourth-order valence-electron chi connectivity index (χ4n) is 1.71. The number of nitrogen functional groups attached to an aromatic ring is 1. The molecule has 5 heteroatoms. The van der Waals surface area contributed by atoms with Crippen molar-refractivity contribution in [1.82, 2.24) is 0 Å². The van der Waals surface area contributed by atoms with Gasteiger partial charge in [0.15, 0.2) is 0 Å². The second kappa shape index (κ2) is 6.26. The monoisotopic (exact) mass is 251 g/mol. The molecule has 0 bridgehead atoms. The third kappa shape index (κ3) is 3.92. The van der Waals surface area contributed by atoms with Gasteiger partial charge < -0.3 is 19.9 Å². The van der Waals surface area contributed by atoms with Crippen molar-refractivity contribution in [3.8, 4) is 5.75 Å². The molecule has 1 aliphatic heterocycles. The van der Waals surface area contributed by atoms with Crippen LogP contribution in [-0.4, -0.2) is 31.9 Å². The van der Waals surface area contributed by atoms with Crippen molar-refractivity contribution in [2.75, 3.05) is 25.6 Å². The highest BCUT2D eigenvalue weighted by molar-refractivity contribution is 5.69. The minimum Gasteiger partial charge on any atom is -0.493 e. The van der Waals surface area contributed by atoms with Gasteiger partial charge in [0.1, 0.15) is 11.9 Å². The van der Waals surface area contributed by atoms with E-state index in [0.717, 1.165) is 6.42 Å². The van der Waals surface area contributed by atoms with Crippen LogP contribution in [-0.2, 0) is 14.3 Å². The minimum atomic E-state index is -0.255. The van der Waals surface area contributed by atoms with Crippen molar-refractivity contribution >= 4 is 11.7 Å². The number of hydrogen-bond donors (Lipinski definition) is 1. The average molecular weight is 251 g/mol. The third-order valence-corrected chi connectivity index (χ3v) is 2.62. The van der Waals surface area contributed by atoms with Gasteiger partial charge >= 0.3 is 5.97 Å². The van der Waals surface area contributed by atoms with Crippen molar-refractivity contribution < 1.29 is 19.0 Å². The maximum atomic E-state index is 11.5. The fraction of sp³-hybridized carbons (Fsp3) is 0.462. The standard InChI is InChI=1S/C13H17NO4/c14-10-2-1-3-11(8-10)17-7-5-13(15)18-12-4-6-16-9-12/h1-3,8,12H,4-7,9,14H2. The van der Waals surface area contributed by atoms with E-state index < -0.39 is 0 Å². The predicted octanol–water partition coefficient (Wildman–Crippen LogP) is 1.37. The van der Waals surface area contributed by atoms with E-state index >= 15 is 0 Å². The molecule has 0 saturated carbocycles. The zero-order chi connectivity index (χ0) is 12.8. The van der Waals surface area contributed by atoms with Crippen LogP contribution in [0, 0.1) is 0 Å². The molecule has 1 unspecified atom stereocenters. The number of anilines is 1. The molecule has 0 aliphatic carbocycles. The average Bonchev–Trinajstić information content (AvgIpc) is 2.82. The van der Waals surface area contributed by atoms with Gasteiger partial charge in [-0.2, -0.15) is 0 Å². The van der Waals surface area contributed by atoms with Gasteiger partial charge in [-0.1, -0.05) is 6.07 Å². The Morgan fingerprint density at radius 2 is 2.39 bits per heavy atom. The Morgan fingerprint density at radius 1 is 1.50 bits per heavy atom. The summed E-state index contributed by atoms with van der Waals surface area (Å²) in [6, 6.07) is 7.10. The van der Waals surface area contributed by atoms with Crippen LogP contribution in [0.3, 0.4) is 0 Å². The van der Waals surface area contributed by atoms with Gasteiger partial charge in [-0.25, -0.2) is 0 Å². The molecule has 1 aliphatic rings. The molecule has 1 saturated heterocycles. The second-order valence-electron chi connectivity index (χ2n) is 4.15. The van der Waals surface area contributed by atoms with E-state index in [9.17, 15) is 4.79 Å².